The summed E-state index contributed by atoms with van der Waals surface area (Å²) in [7, 11) is 3.60. The van der Waals surface area contributed by atoms with E-state index in [9.17, 15) is 0 Å². The Hall–Kier alpha value is -1.85. The highest BCUT2D eigenvalue weighted by atomic mass is 16.5. The predicted molar refractivity (Wildman–Crippen MR) is 74.7 cm³/mol. The van der Waals surface area contributed by atoms with Crippen LogP contribution in [0.2, 0.25) is 0 Å². The second kappa shape index (κ2) is 5.86. The van der Waals surface area contributed by atoms with Crippen LogP contribution in [0.15, 0.2) is 30.3 Å². The maximum Gasteiger partial charge on any atom is 0.122 e. The number of hydrogen-bond acceptors (Lipinski definition) is 4. The number of aromatic nitrogens is 2. The quantitative estimate of drug-likeness (QED) is 0.631. The van der Waals surface area contributed by atoms with E-state index >= 15 is 0 Å². The molecule has 2 rings (SSSR count). The minimum Gasteiger partial charge on any atom is -0.496 e. The number of benzene rings is 1. The summed E-state index contributed by atoms with van der Waals surface area (Å²) >= 11 is 0. The minimum absolute atomic E-state index is 0.00231. The number of aryl methyl sites for hydroxylation is 2. The van der Waals surface area contributed by atoms with Crippen molar-refractivity contribution in [1.29, 1.82) is 0 Å². The van der Waals surface area contributed by atoms with Gasteiger partial charge in [0.2, 0.25) is 0 Å². The average molecular weight is 260 g/mol. The Morgan fingerprint density at radius 2 is 2.16 bits per heavy atom. The number of methoxy groups -OCH3 is 1. The van der Waals surface area contributed by atoms with E-state index in [1.807, 2.05) is 49.0 Å². The molecule has 102 valence electrons. The predicted octanol–water partition coefficient (Wildman–Crippen LogP) is 1.48. The van der Waals surface area contributed by atoms with Crippen LogP contribution in [0, 0.1) is 6.92 Å². The summed E-state index contributed by atoms with van der Waals surface area (Å²) in [6.45, 7) is 1.97. The van der Waals surface area contributed by atoms with Crippen LogP contribution in [0.5, 0.6) is 5.75 Å². The summed E-state index contributed by atoms with van der Waals surface area (Å²) in [5, 5.41) is 4.35. The lowest BCUT2D eigenvalue weighted by atomic mass is 10.0. The maximum atomic E-state index is 5.69. The molecule has 1 unspecified atom stereocenters. The van der Waals surface area contributed by atoms with Gasteiger partial charge in [-0.1, -0.05) is 18.2 Å². The third kappa shape index (κ3) is 2.94. The lowest BCUT2D eigenvalue weighted by Crippen LogP contribution is -2.31. The van der Waals surface area contributed by atoms with Crippen LogP contribution in [-0.2, 0) is 13.5 Å². The summed E-state index contributed by atoms with van der Waals surface area (Å²) in [6.07, 6.45) is 0.749. The molecule has 5 nitrogen and oxygen atoms in total. The molecule has 2 aromatic rings. The molecule has 0 aliphatic rings. The van der Waals surface area contributed by atoms with Gasteiger partial charge in [0.25, 0.3) is 0 Å². The first kappa shape index (κ1) is 13.6. The molecule has 1 heterocycles. The molecule has 0 radical (unpaired) electrons. The van der Waals surface area contributed by atoms with Crippen LogP contribution in [0.4, 0.5) is 0 Å². The van der Waals surface area contributed by atoms with E-state index in [1.165, 1.54) is 0 Å². The molecule has 5 heteroatoms. The Balaban J connectivity index is 2.26. The Morgan fingerprint density at radius 1 is 1.42 bits per heavy atom. The van der Waals surface area contributed by atoms with E-state index in [0.717, 1.165) is 29.1 Å². The molecule has 0 saturated heterocycles. The van der Waals surface area contributed by atoms with Gasteiger partial charge in [0.1, 0.15) is 5.75 Å². The van der Waals surface area contributed by atoms with E-state index in [0.29, 0.717) is 0 Å². The van der Waals surface area contributed by atoms with Crippen molar-refractivity contribution in [3.63, 3.8) is 0 Å². The average Bonchev–Trinajstić information content (AvgIpc) is 2.75. The zero-order valence-corrected chi connectivity index (χ0v) is 11.6. The molecule has 1 atom stereocenters. The zero-order valence-electron chi connectivity index (χ0n) is 11.6. The van der Waals surface area contributed by atoms with Gasteiger partial charge in [0, 0.05) is 7.05 Å². The SMILES string of the molecule is COc1ccccc1CC(NN)c1cc(C)nn1C. The van der Waals surface area contributed by atoms with E-state index in [2.05, 4.69) is 10.5 Å². The molecule has 0 aliphatic heterocycles. The highest BCUT2D eigenvalue weighted by Crippen LogP contribution is 2.24. The summed E-state index contributed by atoms with van der Waals surface area (Å²) in [5.74, 6) is 6.57. The minimum atomic E-state index is 0.00231. The second-order valence-electron chi connectivity index (χ2n) is 4.57. The molecule has 0 fully saturated rings. The molecular weight excluding hydrogens is 240 g/mol. The highest BCUT2D eigenvalue weighted by molar-refractivity contribution is 5.34. The fourth-order valence-electron chi connectivity index (χ4n) is 2.30. The van der Waals surface area contributed by atoms with Gasteiger partial charge >= 0.3 is 0 Å². The summed E-state index contributed by atoms with van der Waals surface area (Å²) in [6, 6.07) is 10.0. The van der Waals surface area contributed by atoms with Gasteiger partial charge in [0.15, 0.2) is 0 Å². The van der Waals surface area contributed by atoms with E-state index in [4.69, 9.17) is 10.6 Å². The van der Waals surface area contributed by atoms with Gasteiger partial charge in [-0.25, -0.2) is 0 Å². The van der Waals surface area contributed by atoms with Crippen LogP contribution in [0.3, 0.4) is 0 Å². The van der Waals surface area contributed by atoms with Crippen LogP contribution >= 0.6 is 0 Å². The standard InChI is InChI=1S/C14H20N4O/c1-10-8-13(18(2)17-10)12(16-15)9-11-6-4-5-7-14(11)19-3/h4-8,12,16H,9,15H2,1-3H3. The van der Waals surface area contributed by atoms with Crippen molar-refractivity contribution in [2.45, 2.75) is 19.4 Å². The van der Waals surface area contributed by atoms with Gasteiger partial charge in [-0.2, -0.15) is 5.10 Å². The van der Waals surface area contributed by atoms with E-state index in [1.54, 1.807) is 7.11 Å². The lowest BCUT2D eigenvalue weighted by molar-refractivity contribution is 0.404. The molecule has 3 N–H and O–H groups in total. The number of nitrogens with zero attached hydrogens (tertiary/aromatic N) is 2. The number of nitrogens with two attached hydrogens (primary N) is 1. The van der Waals surface area contributed by atoms with Crippen molar-refractivity contribution in [3.8, 4) is 5.75 Å². The van der Waals surface area contributed by atoms with E-state index in [-0.39, 0.29) is 6.04 Å². The largest absolute Gasteiger partial charge is 0.496 e. The number of para-hydroxylation sites is 1. The summed E-state index contributed by atoms with van der Waals surface area (Å²) in [5.41, 5.74) is 6.02. The lowest BCUT2D eigenvalue weighted by Gasteiger charge is -2.17. The first-order valence-corrected chi connectivity index (χ1v) is 6.24. The third-order valence-electron chi connectivity index (χ3n) is 3.21. The summed E-state index contributed by atoms with van der Waals surface area (Å²) < 4.78 is 7.23. The first-order chi connectivity index (χ1) is 9.15. The van der Waals surface area contributed by atoms with Gasteiger partial charge in [-0.15, -0.1) is 0 Å². The van der Waals surface area contributed by atoms with Crippen LogP contribution < -0.4 is 16.0 Å². The Morgan fingerprint density at radius 3 is 2.74 bits per heavy atom. The van der Waals surface area contributed by atoms with E-state index < -0.39 is 0 Å². The van der Waals surface area contributed by atoms with Gasteiger partial charge in [-0.3, -0.25) is 16.0 Å². The van der Waals surface area contributed by atoms with Crippen molar-refractivity contribution in [2.75, 3.05) is 7.11 Å². The van der Waals surface area contributed by atoms with Crippen molar-refractivity contribution in [2.24, 2.45) is 12.9 Å². The Bertz CT molecular complexity index is 550. The number of nitrogens with one attached hydrogen (secondary N) is 1. The van der Waals surface area contributed by atoms with Crippen LogP contribution in [0.1, 0.15) is 23.0 Å². The molecule has 0 saturated carbocycles. The van der Waals surface area contributed by atoms with Gasteiger partial charge in [-0.05, 0) is 31.0 Å². The number of hydrazine groups is 1. The van der Waals surface area contributed by atoms with Gasteiger partial charge < -0.3 is 4.74 Å². The molecule has 0 aliphatic carbocycles. The molecule has 19 heavy (non-hydrogen) atoms. The molecule has 0 bridgehead atoms. The van der Waals surface area contributed by atoms with Crippen molar-refractivity contribution >= 4 is 0 Å². The first-order valence-electron chi connectivity index (χ1n) is 6.24. The normalized spacial score (nSPS) is 12.4. The molecule has 1 aromatic carbocycles. The maximum absolute atomic E-state index is 5.69. The number of hydrogen-bond donors (Lipinski definition) is 2. The second-order valence-corrected chi connectivity index (χ2v) is 4.57. The Kier molecular flexibility index (Phi) is 4.19. The Labute approximate surface area is 113 Å². The summed E-state index contributed by atoms with van der Waals surface area (Å²) in [4.78, 5) is 0. The van der Waals surface area contributed by atoms with Crippen LogP contribution in [-0.4, -0.2) is 16.9 Å². The van der Waals surface area contributed by atoms with Crippen molar-refractivity contribution in [3.05, 3.63) is 47.3 Å². The highest BCUT2D eigenvalue weighted by Gasteiger charge is 2.17. The zero-order chi connectivity index (χ0) is 13.8. The molecule has 0 spiro atoms. The number of ether oxygens (including phenoxy) is 1. The fourth-order valence-corrected chi connectivity index (χ4v) is 2.30. The van der Waals surface area contributed by atoms with Crippen LogP contribution in [0.25, 0.3) is 0 Å². The molecular formula is C14H20N4O. The van der Waals surface area contributed by atoms with Crippen molar-refractivity contribution < 1.29 is 4.74 Å². The monoisotopic (exact) mass is 260 g/mol. The van der Waals surface area contributed by atoms with Crippen molar-refractivity contribution in [1.82, 2.24) is 15.2 Å². The fraction of sp³-hybridized carbons (Fsp3) is 0.357. The molecule has 0 amide bonds. The third-order valence-corrected chi connectivity index (χ3v) is 3.21. The van der Waals surface area contributed by atoms with Gasteiger partial charge in [0.05, 0.1) is 24.5 Å². The topological polar surface area (TPSA) is 65.1 Å². The smallest absolute Gasteiger partial charge is 0.122 e. The number of rotatable bonds is 5. The molecule has 1 aromatic heterocycles.